The second-order valence-corrected chi connectivity index (χ2v) is 11.6. The molecule has 5 nitrogen and oxygen atoms in total. The minimum absolute atomic E-state index is 0.122. The zero-order valence-corrected chi connectivity index (χ0v) is 24.6. The minimum atomic E-state index is 0.122. The standard InChI is InChI=1S/C40H28N4O/c1-25-21-22-30-36-33(24-23-32-35(36)29-19-11-12-20-31(29)44(32)28-17-9-4-10-18-28)45-37(30)34(25)40-42-38(26-13-5-2-6-14-26)41-39(43-40)27-15-7-3-8-16-27/h2-24,32,35H,1H3. The summed E-state index contributed by atoms with van der Waals surface area (Å²) in [6.07, 6.45) is 4.44. The lowest BCUT2D eigenvalue weighted by Crippen LogP contribution is -2.30. The smallest absolute Gasteiger partial charge is 0.168 e. The number of furan rings is 1. The first-order valence-corrected chi connectivity index (χ1v) is 15.3. The number of para-hydroxylation sites is 2. The van der Waals surface area contributed by atoms with Crippen LogP contribution in [0.4, 0.5) is 11.4 Å². The van der Waals surface area contributed by atoms with Crippen molar-refractivity contribution < 1.29 is 4.42 Å². The van der Waals surface area contributed by atoms with Gasteiger partial charge in [-0.25, -0.2) is 15.0 Å². The predicted octanol–water partition coefficient (Wildman–Crippen LogP) is 9.61. The maximum atomic E-state index is 6.81. The fourth-order valence-electron chi connectivity index (χ4n) is 7.01. The highest BCUT2D eigenvalue weighted by Gasteiger charge is 2.43. The first-order valence-electron chi connectivity index (χ1n) is 15.3. The van der Waals surface area contributed by atoms with Gasteiger partial charge in [0, 0.05) is 39.4 Å². The van der Waals surface area contributed by atoms with Crippen molar-refractivity contribution in [3.63, 3.8) is 0 Å². The lowest BCUT2D eigenvalue weighted by atomic mass is 9.82. The molecule has 45 heavy (non-hydrogen) atoms. The molecule has 0 saturated carbocycles. The molecule has 0 N–H and O–H groups in total. The van der Waals surface area contributed by atoms with Gasteiger partial charge in [0.1, 0.15) is 11.3 Å². The van der Waals surface area contributed by atoms with E-state index in [9.17, 15) is 0 Å². The molecule has 5 heteroatoms. The number of hydrogen-bond donors (Lipinski definition) is 0. The summed E-state index contributed by atoms with van der Waals surface area (Å²) in [5.41, 5.74) is 9.57. The van der Waals surface area contributed by atoms with E-state index >= 15 is 0 Å². The molecule has 0 saturated heterocycles. The highest BCUT2D eigenvalue weighted by atomic mass is 16.3. The summed E-state index contributed by atoms with van der Waals surface area (Å²) in [5.74, 6) is 2.89. The molecule has 9 rings (SSSR count). The third-order valence-corrected chi connectivity index (χ3v) is 9.02. The zero-order valence-electron chi connectivity index (χ0n) is 24.6. The van der Waals surface area contributed by atoms with E-state index in [1.165, 1.54) is 22.5 Å². The van der Waals surface area contributed by atoms with Crippen molar-refractivity contribution in [3.8, 4) is 34.2 Å². The van der Waals surface area contributed by atoms with Crippen LogP contribution in [0.5, 0.6) is 0 Å². The van der Waals surface area contributed by atoms with Gasteiger partial charge < -0.3 is 9.32 Å². The molecule has 5 aromatic carbocycles. The van der Waals surface area contributed by atoms with E-state index in [-0.39, 0.29) is 12.0 Å². The van der Waals surface area contributed by atoms with Gasteiger partial charge in [0.05, 0.1) is 11.6 Å². The Balaban J connectivity index is 1.26. The third kappa shape index (κ3) is 4.05. The number of hydrogen-bond acceptors (Lipinski definition) is 5. The summed E-state index contributed by atoms with van der Waals surface area (Å²) in [5, 5.41) is 1.09. The highest BCUT2D eigenvalue weighted by Crippen LogP contribution is 2.54. The van der Waals surface area contributed by atoms with E-state index in [1.807, 2.05) is 60.7 Å². The van der Waals surface area contributed by atoms with Crippen molar-refractivity contribution in [1.82, 2.24) is 15.0 Å². The molecule has 0 radical (unpaired) electrons. The Kier molecular flexibility index (Phi) is 5.78. The third-order valence-electron chi connectivity index (χ3n) is 9.02. The van der Waals surface area contributed by atoms with Gasteiger partial charge in [0.2, 0.25) is 0 Å². The van der Waals surface area contributed by atoms with Gasteiger partial charge in [-0.05, 0) is 42.3 Å². The van der Waals surface area contributed by atoms with Crippen molar-refractivity contribution in [2.45, 2.75) is 18.9 Å². The van der Waals surface area contributed by atoms with E-state index in [2.05, 4.69) is 90.7 Å². The first-order chi connectivity index (χ1) is 22.2. The monoisotopic (exact) mass is 580 g/mol. The molecule has 0 fully saturated rings. The van der Waals surface area contributed by atoms with Crippen molar-refractivity contribution in [3.05, 3.63) is 156 Å². The second kappa shape index (κ2) is 10.1. The van der Waals surface area contributed by atoms with Crippen molar-refractivity contribution >= 4 is 28.4 Å². The van der Waals surface area contributed by atoms with Gasteiger partial charge in [-0.15, -0.1) is 0 Å². The number of aromatic nitrogens is 3. The number of anilines is 2. The summed E-state index contributed by atoms with van der Waals surface area (Å²) in [7, 11) is 0. The molecule has 0 spiro atoms. The molecule has 0 amide bonds. The van der Waals surface area contributed by atoms with Crippen LogP contribution in [0.25, 0.3) is 51.2 Å². The Morgan fingerprint density at radius 2 is 1.22 bits per heavy atom. The molecular weight excluding hydrogens is 552 g/mol. The highest BCUT2D eigenvalue weighted by molar-refractivity contribution is 5.98. The number of nitrogens with zero attached hydrogens (tertiary/aromatic N) is 4. The second-order valence-electron chi connectivity index (χ2n) is 11.6. The van der Waals surface area contributed by atoms with Gasteiger partial charge in [-0.3, -0.25) is 0 Å². The van der Waals surface area contributed by atoms with Crippen molar-refractivity contribution in [1.29, 1.82) is 0 Å². The number of rotatable bonds is 4. The Hall–Kier alpha value is -5.81. The van der Waals surface area contributed by atoms with Crippen LogP contribution in [0.1, 0.15) is 28.4 Å². The van der Waals surface area contributed by atoms with E-state index in [4.69, 9.17) is 19.4 Å². The largest absolute Gasteiger partial charge is 0.456 e. The average Bonchev–Trinajstić information content (AvgIpc) is 3.64. The van der Waals surface area contributed by atoms with E-state index < -0.39 is 0 Å². The Labute approximate surface area is 261 Å². The Morgan fingerprint density at radius 3 is 1.91 bits per heavy atom. The first kappa shape index (κ1) is 25.7. The van der Waals surface area contributed by atoms with Crippen LogP contribution < -0.4 is 4.90 Å². The van der Waals surface area contributed by atoms with Crippen molar-refractivity contribution in [2.24, 2.45) is 0 Å². The van der Waals surface area contributed by atoms with Gasteiger partial charge in [-0.1, -0.05) is 115 Å². The summed E-state index contributed by atoms with van der Waals surface area (Å²) in [6, 6.07) is 44.1. The molecule has 2 unspecified atom stereocenters. The fraction of sp³-hybridized carbons (Fsp3) is 0.0750. The minimum Gasteiger partial charge on any atom is -0.456 e. The molecule has 1 aliphatic heterocycles. The van der Waals surface area contributed by atoms with Gasteiger partial charge in [-0.2, -0.15) is 0 Å². The maximum absolute atomic E-state index is 6.81. The lowest BCUT2D eigenvalue weighted by Gasteiger charge is -2.30. The summed E-state index contributed by atoms with van der Waals surface area (Å²) < 4.78 is 6.81. The lowest BCUT2D eigenvalue weighted by molar-refractivity contribution is 0.584. The molecule has 1 aliphatic carbocycles. The van der Waals surface area contributed by atoms with Crippen LogP contribution in [-0.4, -0.2) is 21.0 Å². The normalized spacial score (nSPS) is 16.4. The van der Waals surface area contributed by atoms with E-state index in [0.29, 0.717) is 17.5 Å². The average molecular weight is 581 g/mol. The van der Waals surface area contributed by atoms with E-state index in [0.717, 1.165) is 39.0 Å². The topological polar surface area (TPSA) is 55.1 Å². The van der Waals surface area contributed by atoms with Crippen LogP contribution in [-0.2, 0) is 0 Å². The Bertz CT molecular complexity index is 2180. The number of benzene rings is 5. The fourth-order valence-corrected chi connectivity index (χ4v) is 7.01. The summed E-state index contributed by atoms with van der Waals surface area (Å²) in [4.78, 5) is 17.5. The van der Waals surface area contributed by atoms with Gasteiger partial charge in [0.15, 0.2) is 17.5 Å². The molecule has 2 aromatic heterocycles. The zero-order chi connectivity index (χ0) is 29.9. The quantitative estimate of drug-likeness (QED) is 0.207. The van der Waals surface area contributed by atoms with Crippen LogP contribution in [0.3, 0.4) is 0 Å². The SMILES string of the molecule is Cc1ccc2c3c(oc2c1-c1nc(-c2ccccc2)nc(-c2ccccc2)n1)C=CC1C3c2ccccc2N1c1ccccc1. The maximum Gasteiger partial charge on any atom is 0.168 e. The molecule has 0 bridgehead atoms. The molecule has 214 valence electrons. The molecule has 2 atom stereocenters. The van der Waals surface area contributed by atoms with Gasteiger partial charge >= 0.3 is 0 Å². The van der Waals surface area contributed by atoms with Crippen molar-refractivity contribution in [2.75, 3.05) is 4.90 Å². The molecule has 7 aromatic rings. The van der Waals surface area contributed by atoms with Crippen LogP contribution in [0, 0.1) is 6.92 Å². The predicted molar refractivity (Wildman–Crippen MR) is 180 cm³/mol. The molecule has 3 heterocycles. The molecular formula is C40H28N4O. The van der Waals surface area contributed by atoms with Crippen LogP contribution >= 0.6 is 0 Å². The molecule has 2 aliphatic rings. The number of fused-ring (bicyclic) bond motifs is 7. The van der Waals surface area contributed by atoms with Gasteiger partial charge in [0.25, 0.3) is 0 Å². The van der Waals surface area contributed by atoms with Crippen LogP contribution in [0.2, 0.25) is 0 Å². The summed E-state index contributed by atoms with van der Waals surface area (Å²) in [6.45, 7) is 2.10. The Morgan fingerprint density at radius 1 is 0.622 bits per heavy atom. The van der Waals surface area contributed by atoms with Crippen LogP contribution in [0.15, 0.2) is 138 Å². The number of aryl methyl sites for hydroxylation is 1. The van der Waals surface area contributed by atoms with E-state index in [1.54, 1.807) is 0 Å². The summed E-state index contributed by atoms with van der Waals surface area (Å²) >= 11 is 0.